The number of H-pyrrole nitrogens is 1. The summed E-state index contributed by atoms with van der Waals surface area (Å²) >= 11 is 7.39. The van der Waals surface area contributed by atoms with E-state index in [1.807, 2.05) is 0 Å². The largest absolute Gasteiger partial charge is 0.429 e. The molecule has 166 valence electrons. The van der Waals surface area contributed by atoms with Crippen LogP contribution in [0.3, 0.4) is 0 Å². The number of anilines is 1. The molecular formula is C20H16ClF3N6OS. The molecule has 1 amide bonds. The van der Waals surface area contributed by atoms with Crippen molar-refractivity contribution in [1.29, 1.82) is 5.41 Å². The Morgan fingerprint density at radius 2 is 1.84 bits per heavy atom. The number of halogens is 4. The minimum atomic E-state index is -4.78. The average molecular weight is 481 g/mol. The van der Waals surface area contributed by atoms with Gasteiger partial charge in [0, 0.05) is 12.0 Å². The number of hydrogen-bond donors (Lipinski definition) is 3. The predicted octanol–water partition coefficient (Wildman–Crippen LogP) is 5.53. The van der Waals surface area contributed by atoms with Crippen molar-refractivity contribution in [3.8, 4) is 0 Å². The van der Waals surface area contributed by atoms with E-state index in [9.17, 15) is 18.0 Å². The van der Waals surface area contributed by atoms with Crippen LogP contribution in [0, 0.1) is 5.41 Å². The maximum atomic E-state index is 13.0. The van der Waals surface area contributed by atoms with E-state index in [0.29, 0.717) is 10.7 Å². The van der Waals surface area contributed by atoms with Crippen LogP contribution in [-0.2, 0) is 0 Å². The van der Waals surface area contributed by atoms with Gasteiger partial charge in [0.1, 0.15) is 5.71 Å². The number of nitrogens with one attached hydrogen (secondary N) is 3. The highest BCUT2D eigenvalue weighted by atomic mass is 35.5. The zero-order valence-electron chi connectivity index (χ0n) is 16.5. The van der Waals surface area contributed by atoms with Gasteiger partial charge >= 0.3 is 6.18 Å². The number of aromatic nitrogens is 3. The van der Waals surface area contributed by atoms with Crippen LogP contribution in [0.5, 0.6) is 0 Å². The Bertz CT molecular complexity index is 1160. The van der Waals surface area contributed by atoms with E-state index in [1.165, 1.54) is 36.0 Å². The molecule has 0 saturated carbocycles. The van der Waals surface area contributed by atoms with Crippen molar-refractivity contribution in [3.05, 3.63) is 64.7 Å². The molecule has 1 heterocycles. The van der Waals surface area contributed by atoms with Gasteiger partial charge in [-0.2, -0.15) is 18.2 Å². The SMILES string of the molecule is CSc1n[nH]c(NC(=O)c2ccc(C(CC(=N)C(F)(F)F)=Nc3ccccc3Cl)cc2)n1. The molecule has 0 radical (unpaired) electrons. The van der Waals surface area contributed by atoms with E-state index in [0.717, 1.165) is 0 Å². The summed E-state index contributed by atoms with van der Waals surface area (Å²) in [4.78, 5) is 20.7. The lowest BCUT2D eigenvalue weighted by Crippen LogP contribution is -2.25. The Hall–Kier alpha value is -3.18. The second-order valence-corrected chi connectivity index (χ2v) is 7.55. The van der Waals surface area contributed by atoms with E-state index in [1.54, 1.807) is 30.5 Å². The summed E-state index contributed by atoms with van der Waals surface area (Å²) < 4.78 is 38.9. The maximum Gasteiger partial charge on any atom is 0.429 e. The number of aromatic amines is 1. The normalized spacial score (nSPS) is 12.0. The summed E-state index contributed by atoms with van der Waals surface area (Å²) in [7, 11) is 0. The molecule has 0 aliphatic carbocycles. The van der Waals surface area contributed by atoms with Crippen LogP contribution in [0.2, 0.25) is 5.02 Å². The van der Waals surface area contributed by atoms with Crippen LogP contribution in [0.4, 0.5) is 24.8 Å². The second-order valence-electron chi connectivity index (χ2n) is 6.37. The highest BCUT2D eigenvalue weighted by Crippen LogP contribution is 2.27. The van der Waals surface area contributed by atoms with Gasteiger partial charge in [-0.15, -0.1) is 5.10 Å². The van der Waals surface area contributed by atoms with E-state index < -0.39 is 24.2 Å². The van der Waals surface area contributed by atoms with Crippen LogP contribution in [-0.4, -0.2) is 44.9 Å². The minimum Gasteiger partial charge on any atom is -0.300 e. The number of benzene rings is 2. The van der Waals surface area contributed by atoms with Gasteiger partial charge in [-0.25, -0.2) is 5.10 Å². The number of aliphatic imine (C=N–C) groups is 1. The number of thioether (sulfide) groups is 1. The van der Waals surface area contributed by atoms with Gasteiger partial charge in [0.15, 0.2) is 0 Å². The molecular weight excluding hydrogens is 465 g/mol. The van der Waals surface area contributed by atoms with Gasteiger partial charge in [0.05, 0.1) is 16.4 Å². The number of nitrogens with zero attached hydrogens (tertiary/aromatic N) is 3. The Morgan fingerprint density at radius 3 is 2.44 bits per heavy atom. The van der Waals surface area contributed by atoms with Crippen LogP contribution in [0.1, 0.15) is 22.3 Å². The Morgan fingerprint density at radius 1 is 1.19 bits per heavy atom. The van der Waals surface area contributed by atoms with Crippen LogP contribution in [0.25, 0.3) is 0 Å². The first-order valence-corrected chi connectivity index (χ1v) is 10.6. The second kappa shape index (κ2) is 9.96. The van der Waals surface area contributed by atoms with Crippen molar-refractivity contribution in [3.63, 3.8) is 0 Å². The van der Waals surface area contributed by atoms with Gasteiger partial charge in [-0.3, -0.25) is 15.1 Å². The third-order valence-electron chi connectivity index (χ3n) is 4.15. The number of carbonyl (C=O) groups excluding carboxylic acids is 1. The number of hydrogen-bond acceptors (Lipinski definition) is 6. The molecule has 3 rings (SSSR count). The summed E-state index contributed by atoms with van der Waals surface area (Å²) in [5, 5.41) is 17.1. The van der Waals surface area contributed by atoms with E-state index in [-0.39, 0.29) is 27.9 Å². The number of amides is 1. The standard InChI is InChI=1S/C20H16ClF3N6OS/c1-32-19-28-18(29-30-19)27-17(31)12-8-6-11(7-9-12)15(10-16(25)20(22,23)24)26-14-5-3-2-4-13(14)21/h2-9,25H,10H2,1H3,(H2,27,28,29,30,31). The maximum absolute atomic E-state index is 13.0. The van der Waals surface area contributed by atoms with E-state index >= 15 is 0 Å². The quantitative estimate of drug-likeness (QED) is 0.305. The highest BCUT2D eigenvalue weighted by Gasteiger charge is 2.35. The van der Waals surface area contributed by atoms with Crippen LogP contribution in [0.15, 0.2) is 58.7 Å². The van der Waals surface area contributed by atoms with E-state index in [4.69, 9.17) is 17.0 Å². The van der Waals surface area contributed by atoms with Crippen molar-refractivity contribution < 1.29 is 18.0 Å². The predicted molar refractivity (Wildman–Crippen MR) is 119 cm³/mol. The topological polar surface area (TPSA) is 107 Å². The summed E-state index contributed by atoms with van der Waals surface area (Å²) in [5.41, 5.74) is -0.609. The molecule has 0 saturated heterocycles. The molecule has 7 nitrogen and oxygen atoms in total. The molecule has 3 aromatic rings. The highest BCUT2D eigenvalue weighted by molar-refractivity contribution is 7.98. The smallest absolute Gasteiger partial charge is 0.300 e. The molecule has 0 aliphatic rings. The summed E-state index contributed by atoms with van der Waals surface area (Å²) in [5.74, 6) is -0.309. The summed E-state index contributed by atoms with van der Waals surface area (Å²) in [6.07, 6.45) is -3.75. The van der Waals surface area contributed by atoms with Gasteiger partial charge in [-0.1, -0.05) is 47.6 Å². The molecule has 0 bridgehead atoms. The van der Waals surface area contributed by atoms with Crippen molar-refractivity contribution in [1.82, 2.24) is 15.2 Å². The number of rotatable bonds is 7. The molecule has 0 spiro atoms. The Balaban J connectivity index is 1.87. The van der Waals surface area contributed by atoms with Crippen molar-refractivity contribution in [2.75, 3.05) is 11.6 Å². The monoisotopic (exact) mass is 480 g/mol. The van der Waals surface area contributed by atoms with Crippen molar-refractivity contribution in [2.24, 2.45) is 4.99 Å². The van der Waals surface area contributed by atoms with Gasteiger partial charge < -0.3 is 5.41 Å². The molecule has 0 unspecified atom stereocenters. The minimum absolute atomic E-state index is 0.00719. The molecule has 2 aromatic carbocycles. The average Bonchev–Trinajstić information content (AvgIpc) is 3.21. The third kappa shape index (κ3) is 5.95. The zero-order valence-corrected chi connectivity index (χ0v) is 18.1. The molecule has 0 fully saturated rings. The van der Waals surface area contributed by atoms with E-state index in [2.05, 4.69) is 25.5 Å². The summed E-state index contributed by atoms with van der Waals surface area (Å²) in [6.45, 7) is 0. The third-order valence-corrected chi connectivity index (χ3v) is 5.02. The fourth-order valence-corrected chi connectivity index (χ4v) is 3.05. The molecule has 32 heavy (non-hydrogen) atoms. The molecule has 1 aromatic heterocycles. The number of carbonyl (C=O) groups is 1. The first-order chi connectivity index (χ1) is 15.2. The molecule has 3 N–H and O–H groups in total. The zero-order chi connectivity index (χ0) is 23.3. The first kappa shape index (κ1) is 23.5. The van der Waals surface area contributed by atoms with Gasteiger partial charge in [0.25, 0.3) is 5.91 Å². The molecule has 12 heteroatoms. The van der Waals surface area contributed by atoms with Crippen LogP contribution < -0.4 is 5.32 Å². The van der Waals surface area contributed by atoms with Crippen molar-refractivity contribution in [2.45, 2.75) is 17.8 Å². The molecule has 0 atom stereocenters. The van der Waals surface area contributed by atoms with Crippen LogP contribution >= 0.6 is 23.4 Å². The Labute approximate surface area is 190 Å². The fraction of sp³-hybridized carbons (Fsp3) is 0.150. The lowest BCUT2D eigenvalue weighted by atomic mass is 10.0. The lowest BCUT2D eigenvalue weighted by molar-refractivity contribution is -0.0605. The van der Waals surface area contributed by atoms with Gasteiger partial charge in [0.2, 0.25) is 11.1 Å². The Kier molecular flexibility index (Phi) is 7.31. The van der Waals surface area contributed by atoms with Crippen molar-refractivity contribution >= 4 is 52.3 Å². The summed E-state index contributed by atoms with van der Waals surface area (Å²) in [6, 6.07) is 12.2. The van der Waals surface area contributed by atoms with Gasteiger partial charge in [-0.05, 0) is 36.1 Å². The first-order valence-electron chi connectivity index (χ1n) is 9.02. The fourth-order valence-electron chi connectivity index (χ4n) is 2.55. The number of para-hydroxylation sites is 1. The lowest BCUT2D eigenvalue weighted by Gasteiger charge is -2.12. The number of alkyl halides is 3. The molecule has 0 aliphatic heterocycles.